The highest BCUT2D eigenvalue weighted by Gasteiger charge is 2.35. The smallest absolute Gasteiger partial charge is 0.385 e. The molecular weight excluding hydrogens is 333 g/mol. The molecule has 1 atom stereocenters. The summed E-state index contributed by atoms with van der Waals surface area (Å²) in [4.78, 5) is 8.02. The van der Waals surface area contributed by atoms with Crippen molar-refractivity contribution in [2.45, 2.75) is 38.1 Å². The van der Waals surface area contributed by atoms with Gasteiger partial charge >= 0.3 is 6.18 Å². The number of hydrogen-bond donors (Lipinski definition) is 2. The fourth-order valence-electron chi connectivity index (χ4n) is 2.68. The van der Waals surface area contributed by atoms with Crippen molar-refractivity contribution in [1.29, 1.82) is 0 Å². The number of nitrogen functional groups attached to an aromatic ring is 1. The molecule has 2 heterocycles. The van der Waals surface area contributed by atoms with Crippen LogP contribution in [0.1, 0.15) is 36.8 Å². The van der Waals surface area contributed by atoms with Gasteiger partial charge in [-0.25, -0.2) is 9.97 Å². The van der Waals surface area contributed by atoms with E-state index in [4.69, 9.17) is 5.73 Å². The largest absolute Gasteiger partial charge is 0.419 e. The first-order valence-corrected chi connectivity index (χ1v) is 8.00. The third-order valence-corrected chi connectivity index (χ3v) is 4.23. The minimum absolute atomic E-state index is 0.160. The number of imidazole rings is 1. The molecule has 1 fully saturated rings. The van der Waals surface area contributed by atoms with Gasteiger partial charge in [0.1, 0.15) is 17.7 Å². The second-order valence-corrected chi connectivity index (χ2v) is 6.19. The minimum atomic E-state index is -4.59. The Morgan fingerprint density at radius 1 is 1.44 bits per heavy atom. The van der Waals surface area contributed by atoms with E-state index in [0.717, 1.165) is 18.9 Å². The Morgan fingerprint density at radius 3 is 2.76 bits per heavy atom. The Hall–Kier alpha value is -2.35. The Bertz CT molecular complexity index is 781. The molecular formula is C17H19F3N4O. The van der Waals surface area contributed by atoms with E-state index in [1.165, 1.54) is 6.20 Å². The number of alkyl halides is 3. The number of aliphatic hydroxyl groups excluding tert-OH is 1. The van der Waals surface area contributed by atoms with E-state index < -0.39 is 23.7 Å². The molecule has 0 spiro atoms. The highest BCUT2D eigenvalue weighted by Crippen LogP contribution is 2.41. The number of anilines is 1. The standard InChI is InChI=1S/C17H19F3N4O/c1-2-3-6-24-9-13(23-16(24)14(25)10-4-5-10)11-7-12(17(18,19)20)15(21)22-8-11/h2,7-10,14,25H,1,3-6H2,(H2,21,22). The van der Waals surface area contributed by atoms with E-state index in [1.54, 1.807) is 16.8 Å². The first-order valence-electron chi connectivity index (χ1n) is 8.00. The second kappa shape index (κ2) is 6.51. The predicted molar refractivity (Wildman–Crippen MR) is 87.4 cm³/mol. The Labute approximate surface area is 143 Å². The van der Waals surface area contributed by atoms with Crippen molar-refractivity contribution in [3.63, 3.8) is 0 Å². The average molecular weight is 352 g/mol. The lowest BCUT2D eigenvalue weighted by molar-refractivity contribution is -0.137. The molecule has 8 heteroatoms. The number of nitrogens with two attached hydrogens (primary N) is 1. The van der Waals surface area contributed by atoms with Gasteiger partial charge in [-0.05, 0) is 31.2 Å². The molecule has 5 nitrogen and oxygen atoms in total. The highest BCUT2D eigenvalue weighted by atomic mass is 19.4. The maximum Gasteiger partial charge on any atom is 0.419 e. The normalized spacial score (nSPS) is 16.0. The van der Waals surface area contributed by atoms with Gasteiger partial charge in [0.25, 0.3) is 0 Å². The summed E-state index contributed by atoms with van der Waals surface area (Å²) in [7, 11) is 0. The van der Waals surface area contributed by atoms with Crippen LogP contribution in [0.25, 0.3) is 11.3 Å². The van der Waals surface area contributed by atoms with Gasteiger partial charge in [-0.15, -0.1) is 6.58 Å². The Balaban J connectivity index is 2.00. The quantitative estimate of drug-likeness (QED) is 0.779. The molecule has 0 aromatic carbocycles. The van der Waals surface area contributed by atoms with Gasteiger partial charge in [-0.3, -0.25) is 0 Å². The molecule has 134 valence electrons. The van der Waals surface area contributed by atoms with E-state index in [9.17, 15) is 18.3 Å². The van der Waals surface area contributed by atoms with Crippen molar-refractivity contribution >= 4 is 5.82 Å². The SMILES string of the molecule is C=CCCn1cc(-c2cnc(N)c(C(F)(F)F)c2)nc1C(O)C1CC1. The van der Waals surface area contributed by atoms with Crippen LogP contribution < -0.4 is 5.73 Å². The summed E-state index contributed by atoms with van der Waals surface area (Å²) in [6.45, 7) is 4.21. The zero-order valence-corrected chi connectivity index (χ0v) is 13.5. The summed E-state index contributed by atoms with van der Waals surface area (Å²) in [5.74, 6) is 0.0540. The van der Waals surface area contributed by atoms with E-state index in [1.807, 2.05) is 0 Å². The number of pyridine rings is 1. The molecule has 0 saturated heterocycles. The molecule has 1 aliphatic rings. The number of rotatable bonds is 6. The predicted octanol–water partition coefficient (Wildman–Crippen LogP) is 3.57. The number of nitrogens with zero attached hydrogens (tertiary/aromatic N) is 3. The summed E-state index contributed by atoms with van der Waals surface area (Å²) >= 11 is 0. The maximum absolute atomic E-state index is 13.0. The summed E-state index contributed by atoms with van der Waals surface area (Å²) < 4.78 is 40.9. The van der Waals surface area contributed by atoms with Crippen LogP contribution in [0.4, 0.5) is 19.0 Å². The number of aliphatic hydroxyl groups is 1. The van der Waals surface area contributed by atoms with Crippen molar-refractivity contribution in [1.82, 2.24) is 14.5 Å². The van der Waals surface area contributed by atoms with Gasteiger partial charge < -0.3 is 15.4 Å². The molecule has 0 bridgehead atoms. The third-order valence-electron chi connectivity index (χ3n) is 4.23. The number of aromatic nitrogens is 3. The van der Waals surface area contributed by atoms with Crippen molar-refractivity contribution in [3.05, 3.63) is 42.5 Å². The third kappa shape index (κ3) is 3.68. The van der Waals surface area contributed by atoms with Crippen LogP contribution in [0.5, 0.6) is 0 Å². The number of halogens is 3. The fourth-order valence-corrected chi connectivity index (χ4v) is 2.68. The van der Waals surface area contributed by atoms with E-state index >= 15 is 0 Å². The average Bonchev–Trinajstić information content (AvgIpc) is 3.31. The summed E-state index contributed by atoms with van der Waals surface area (Å²) in [5, 5.41) is 10.4. The lowest BCUT2D eigenvalue weighted by Gasteiger charge is -2.11. The van der Waals surface area contributed by atoms with Crippen LogP contribution in [-0.2, 0) is 12.7 Å². The number of allylic oxidation sites excluding steroid dienone is 1. The van der Waals surface area contributed by atoms with Gasteiger partial charge in [0.2, 0.25) is 0 Å². The first-order chi connectivity index (χ1) is 11.8. The van der Waals surface area contributed by atoms with Crippen LogP contribution in [0.15, 0.2) is 31.1 Å². The molecule has 3 rings (SSSR count). The summed E-state index contributed by atoms with van der Waals surface area (Å²) in [6, 6.07) is 0.940. The highest BCUT2D eigenvalue weighted by molar-refractivity contribution is 5.62. The number of aryl methyl sites for hydroxylation is 1. The van der Waals surface area contributed by atoms with Gasteiger partial charge in [-0.2, -0.15) is 13.2 Å². The van der Waals surface area contributed by atoms with Gasteiger partial charge in [0, 0.05) is 24.5 Å². The van der Waals surface area contributed by atoms with E-state index in [-0.39, 0.29) is 11.5 Å². The summed E-state index contributed by atoms with van der Waals surface area (Å²) in [6.07, 6.45) is 1.83. The van der Waals surface area contributed by atoms with Crippen molar-refractivity contribution < 1.29 is 18.3 Å². The van der Waals surface area contributed by atoms with Crippen molar-refractivity contribution in [2.75, 3.05) is 5.73 Å². The van der Waals surface area contributed by atoms with E-state index in [2.05, 4.69) is 16.5 Å². The van der Waals surface area contributed by atoms with Crippen molar-refractivity contribution in [2.24, 2.45) is 5.92 Å². The van der Waals surface area contributed by atoms with Gasteiger partial charge in [0.15, 0.2) is 0 Å². The lowest BCUT2D eigenvalue weighted by Crippen LogP contribution is -2.10. The first kappa shape index (κ1) is 17.5. The molecule has 0 radical (unpaired) electrons. The molecule has 25 heavy (non-hydrogen) atoms. The zero-order valence-electron chi connectivity index (χ0n) is 13.5. The lowest BCUT2D eigenvalue weighted by atomic mass is 10.1. The molecule has 0 aliphatic heterocycles. The minimum Gasteiger partial charge on any atom is -0.385 e. The molecule has 0 amide bonds. The maximum atomic E-state index is 13.0. The Morgan fingerprint density at radius 2 is 2.16 bits per heavy atom. The van der Waals surface area contributed by atoms with Gasteiger partial charge in [0.05, 0.1) is 11.3 Å². The molecule has 1 unspecified atom stereocenters. The molecule has 1 aliphatic carbocycles. The molecule has 2 aromatic heterocycles. The van der Waals surface area contributed by atoms with Crippen LogP contribution in [0.3, 0.4) is 0 Å². The fraction of sp³-hybridized carbons (Fsp3) is 0.412. The molecule has 3 N–H and O–H groups in total. The summed E-state index contributed by atoms with van der Waals surface area (Å²) in [5.41, 5.74) is 4.89. The molecule has 1 saturated carbocycles. The van der Waals surface area contributed by atoms with Crippen LogP contribution >= 0.6 is 0 Å². The Kier molecular flexibility index (Phi) is 4.55. The molecule has 2 aromatic rings. The van der Waals surface area contributed by atoms with Crippen LogP contribution in [-0.4, -0.2) is 19.6 Å². The van der Waals surface area contributed by atoms with E-state index in [0.29, 0.717) is 24.5 Å². The van der Waals surface area contributed by atoms with Crippen LogP contribution in [0, 0.1) is 5.92 Å². The monoisotopic (exact) mass is 352 g/mol. The topological polar surface area (TPSA) is 77.0 Å². The van der Waals surface area contributed by atoms with Crippen molar-refractivity contribution in [3.8, 4) is 11.3 Å². The zero-order chi connectivity index (χ0) is 18.2. The second-order valence-electron chi connectivity index (χ2n) is 6.19. The number of hydrogen-bond acceptors (Lipinski definition) is 4. The van der Waals surface area contributed by atoms with Gasteiger partial charge in [-0.1, -0.05) is 6.08 Å². The van der Waals surface area contributed by atoms with Crippen LogP contribution in [0.2, 0.25) is 0 Å².